The molecule has 1 aromatic heterocycles. The van der Waals surface area contributed by atoms with Crippen LogP contribution in [0.25, 0.3) is 6.08 Å². The average molecular weight is 416 g/mol. The molecule has 158 valence electrons. The lowest BCUT2D eigenvalue weighted by Gasteiger charge is -2.26. The highest BCUT2D eigenvalue weighted by atomic mass is 16.5. The van der Waals surface area contributed by atoms with Crippen LogP contribution < -0.4 is 15.4 Å². The van der Waals surface area contributed by atoms with E-state index in [2.05, 4.69) is 16.7 Å². The molecule has 1 aliphatic carbocycles. The molecule has 0 radical (unpaired) electrons. The van der Waals surface area contributed by atoms with E-state index in [1.807, 2.05) is 18.2 Å². The molecular weight excluding hydrogens is 392 g/mol. The minimum Gasteiger partial charge on any atom is -0.497 e. The zero-order valence-corrected chi connectivity index (χ0v) is 17.3. The monoisotopic (exact) mass is 416 g/mol. The fourth-order valence-corrected chi connectivity index (χ4v) is 3.75. The van der Waals surface area contributed by atoms with Crippen LogP contribution in [0, 0.1) is 0 Å². The van der Waals surface area contributed by atoms with Crippen molar-refractivity contribution in [3.05, 3.63) is 95.1 Å². The van der Waals surface area contributed by atoms with Crippen molar-refractivity contribution in [1.82, 2.24) is 10.6 Å². The molecule has 2 N–H and O–H groups in total. The van der Waals surface area contributed by atoms with Crippen molar-refractivity contribution >= 4 is 17.9 Å². The maximum atomic E-state index is 13.2. The molecule has 4 rings (SSSR count). The highest BCUT2D eigenvalue weighted by Crippen LogP contribution is 2.29. The molecule has 0 saturated carbocycles. The van der Waals surface area contributed by atoms with E-state index in [4.69, 9.17) is 9.15 Å². The summed E-state index contributed by atoms with van der Waals surface area (Å²) in [6.07, 6.45) is 5.90. The number of hydrogen-bond donors (Lipinski definition) is 2. The van der Waals surface area contributed by atoms with E-state index in [9.17, 15) is 9.59 Å². The summed E-state index contributed by atoms with van der Waals surface area (Å²) < 4.78 is 10.5. The fourth-order valence-electron chi connectivity index (χ4n) is 3.75. The molecule has 0 aliphatic heterocycles. The number of aryl methyl sites for hydroxylation is 1. The first-order valence-corrected chi connectivity index (χ1v) is 10.2. The normalized spacial score (nSPS) is 15.6. The highest BCUT2D eigenvalue weighted by Gasteiger charge is 2.24. The fraction of sp³-hybridized carbons (Fsp3) is 0.200. The molecule has 1 heterocycles. The molecule has 0 fully saturated rings. The van der Waals surface area contributed by atoms with Crippen LogP contribution in [0.3, 0.4) is 0 Å². The number of nitrogens with one attached hydrogen (secondary N) is 2. The highest BCUT2D eigenvalue weighted by molar-refractivity contribution is 6.05. The zero-order chi connectivity index (χ0) is 21.6. The Morgan fingerprint density at radius 2 is 1.87 bits per heavy atom. The molecule has 6 heteroatoms. The number of benzene rings is 2. The summed E-state index contributed by atoms with van der Waals surface area (Å²) in [5.74, 6) is 0.375. The molecule has 3 aromatic rings. The second-order valence-corrected chi connectivity index (χ2v) is 7.37. The third kappa shape index (κ3) is 4.86. The zero-order valence-electron chi connectivity index (χ0n) is 17.3. The van der Waals surface area contributed by atoms with Gasteiger partial charge >= 0.3 is 0 Å². The van der Waals surface area contributed by atoms with Crippen LogP contribution in [0.1, 0.15) is 46.1 Å². The number of ether oxygens (including phenoxy) is 1. The van der Waals surface area contributed by atoms with Crippen LogP contribution in [0.2, 0.25) is 0 Å². The van der Waals surface area contributed by atoms with Gasteiger partial charge in [0.1, 0.15) is 17.2 Å². The predicted octanol–water partition coefficient (Wildman–Crippen LogP) is 4.25. The summed E-state index contributed by atoms with van der Waals surface area (Å²) in [4.78, 5) is 25.9. The van der Waals surface area contributed by atoms with Gasteiger partial charge in [0.05, 0.1) is 19.4 Å². The Hall–Kier alpha value is -3.80. The maximum Gasteiger partial charge on any atom is 0.268 e. The van der Waals surface area contributed by atoms with Gasteiger partial charge in [-0.2, -0.15) is 0 Å². The molecule has 6 nitrogen and oxygen atoms in total. The van der Waals surface area contributed by atoms with Gasteiger partial charge in [-0.1, -0.05) is 24.3 Å². The van der Waals surface area contributed by atoms with E-state index in [1.54, 1.807) is 43.5 Å². The molecule has 0 bridgehead atoms. The lowest BCUT2D eigenvalue weighted by molar-refractivity contribution is -0.118. The predicted molar refractivity (Wildman–Crippen MR) is 117 cm³/mol. The van der Waals surface area contributed by atoms with Crippen molar-refractivity contribution in [2.75, 3.05) is 7.11 Å². The molecular formula is C25H24N2O4. The standard InChI is InChI=1S/C25H24N2O4/c1-30-19-13-11-18(12-14-19)24(28)27-23(16-20-8-5-15-31-20)25(29)26-22-10-4-7-17-6-2-3-9-21(17)22/h2-3,5-6,8-9,11-16,22H,4,7,10H2,1H3,(H,26,29)(H,27,28)/b23-16-/t22-/m0/s1. The van der Waals surface area contributed by atoms with Crippen molar-refractivity contribution in [2.24, 2.45) is 0 Å². The van der Waals surface area contributed by atoms with E-state index in [0.717, 1.165) is 24.8 Å². The van der Waals surface area contributed by atoms with Crippen molar-refractivity contribution in [3.8, 4) is 5.75 Å². The van der Waals surface area contributed by atoms with E-state index in [0.29, 0.717) is 17.1 Å². The maximum absolute atomic E-state index is 13.2. The number of fused-ring (bicyclic) bond motifs is 1. The Morgan fingerprint density at radius 1 is 1.06 bits per heavy atom. The van der Waals surface area contributed by atoms with Gasteiger partial charge in [0.15, 0.2) is 0 Å². The number of hydrogen-bond acceptors (Lipinski definition) is 4. The Kier molecular flexibility index (Phi) is 6.17. The number of carbonyl (C=O) groups is 2. The molecule has 1 aliphatic rings. The van der Waals surface area contributed by atoms with Crippen molar-refractivity contribution in [1.29, 1.82) is 0 Å². The van der Waals surface area contributed by atoms with Gasteiger partial charge in [-0.05, 0) is 66.8 Å². The molecule has 1 atom stereocenters. The number of furan rings is 1. The summed E-state index contributed by atoms with van der Waals surface area (Å²) >= 11 is 0. The molecule has 0 spiro atoms. The third-order valence-electron chi connectivity index (χ3n) is 5.35. The van der Waals surface area contributed by atoms with Gasteiger partial charge in [-0.15, -0.1) is 0 Å². The van der Waals surface area contributed by atoms with E-state index in [1.165, 1.54) is 17.9 Å². The van der Waals surface area contributed by atoms with Crippen LogP contribution in [0.4, 0.5) is 0 Å². The number of methoxy groups -OCH3 is 1. The molecule has 0 unspecified atom stereocenters. The first-order chi connectivity index (χ1) is 15.1. The summed E-state index contributed by atoms with van der Waals surface area (Å²) in [5, 5.41) is 5.81. The topological polar surface area (TPSA) is 80.6 Å². The summed E-state index contributed by atoms with van der Waals surface area (Å²) in [5.41, 5.74) is 2.92. The third-order valence-corrected chi connectivity index (χ3v) is 5.35. The van der Waals surface area contributed by atoms with Gasteiger partial charge in [-0.25, -0.2) is 0 Å². The lowest BCUT2D eigenvalue weighted by atomic mass is 9.87. The van der Waals surface area contributed by atoms with Gasteiger partial charge in [0.25, 0.3) is 11.8 Å². The lowest BCUT2D eigenvalue weighted by Crippen LogP contribution is -2.37. The van der Waals surface area contributed by atoms with E-state index >= 15 is 0 Å². The summed E-state index contributed by atoms with van der Waals surface area (Å²) in [6.45, 7) is 0. The molecule has 2 aromatic carbocycles. The Bertz CT molecular complexity index is 1080. The Balaban J connectivity index is 1.55. The van der Waals surface area contributed by atoms with Crippen LogP contribution in [-0.2, 0) is 11.2 Å². The smallest absolute Gasteiger partial charge is 0.268 e. The molecule has 0 saturated heterocycles. The van der Waals surface area contributed by atoms with Crippen LogP contribution in [0.5, 0.6) is 5.75 Å². The van der Waals surface area contributed by atoms with Crippen LogP contribution in [-0.4, -0.2) is 18.9 Å². The number of amides is 2. The minimum absolute atomic E-state index is 0.102. The Morgan fingerprint density at radius 3 is 2.61 bits per heavy atom. The first-order valence-electron chi connectivity index (χ1n) is 10.2. The van der Waals surface area contributed by atoms with Gasteiger partial charge in [0.2, 0.25) is 0 Å². The van der Waals surface area contributed by atoms with Gasteiger partial charge in [0, 0.05) is 11.6 Å². The Labute approximate surface area is 180 Å². The van der Waals surface area contributed by atoms with Gasteiger partial charge < -0.3 is 19.8 Å². The van der Waals surface area contributed by atoms with Crippen molar-refractivity contribution < 1.29 is 18.7 Å². The van der Waals surface area contributed by atoms with Crippen molar-refractivity contribution in [3.63, 3.8) is 0 Å². The minimum atomic E-state index is -0.389. The molecule has 31 heavy (non-hydrogen) atoms. The second-order valence-electron chi connectivity index (χ2n) is 7.37. The van der Waals surface area contributed by atoms with Gasteiger partial charge in [-0.3, -0.25) is 9.59 Å². The van der Waals surface area contributed by atoms with Crippen LogP contribution in [0.15, 0.2) is 77.0 Å². The summed E-state index contributed by atoms with van der Waals surface area (Å²) in [7, 11) is 1.56. The summed E-state index contributed by atoms with van der Waals surface area (Å²) in [6, 6.07) is 18.2. The average Bonchev–Trinajstić information content (AvgIpc) is 3.32. The largest absolute Gasteiger partial charge is 0.497 e. The molecule has 2 amide bonds. The van der Waals surface area contributed by atoms with Crippen molar-refractivity contribution in [2.45, 2.75) is 25.3 Å². The van der Waals surface area contributed by atoms with E-state index in [-0.39, 0.29) is 23.6 Å². The first kappa shape index (κ1) is 20.5. The second kappa shape index (κ2) is 9.34. The SMILES string of the molecule is COc1ccc(C(=O)N/C(=C\c2ccco2)C(=O)N[C@H]2CCCc3ccccc32)cc1. The number of rotatable bonds is 6. The number of carbonyl (C=O) groups excluding carboxylic acids is 2. The quantitative estimate of drug-likeness (QED) is 0.589. The van der Waals surface area contributed by atoms with E-state index < -0.39 is 0 Å². The van der Waals surface area contributed by atoms with Crippen LogP contribution >= 0.6 is 0 Å².